The first-order valence-corrected chi connectivity index (χ1v) is 8.00. The lowest BCUT2D eigenvalue weighted by atomic mass is 10.00. The number of benzene rings is 2. The molecule has 0 aromatic heterocycles. The number of hydrogen-bond acceptors (Lipinski definition) is 4. The molecule has 8 heteroatoms. The summed E-state index contributed by atoms with van der Waals surface area (Å²) in [6.45, 7) is 3.14. The number of piperazine rings is 1. The molecule has 0 bridgehead atoms. The number of rotatable bonds is 3. The summed E-state index contributed by atoms with van der Waals surface area (Å²) in [6.07, 6.45) is 0. The van der Waals surface area contributed by atoms with Crippen LogP contribution in [0.4, 0.5) is 10.1 Å². The van der Waals surface area contributed by atoms with Gasteiger partial charge in [0.25, 0.3) is 11.6 Å². The minimum absolute atomic E-state index is 0. The van der Waals surface area contributed by atoms with Crippen LogP contribution in [-0.2, 0) is 0 Å². The maximum atomic E-state index is 13.6. The molecule has 26 heavy (non-hydrogen) atoms. The largest absolute Gasteiger partial charge is 0.329 e. The summed E-state index contributed by atoms with van der Waals surface area (Å²) in [7, 11) is 0. The summed E-state index contributed by atoms with van der Waals surface area (Å²) in [5.41, 5.74) is 1.26. The van der Waals surface area contributed by atoms with Crippen molar-refractivity contribution in [3.05, 3.63) is 75.1 Å². The van der Waals surface area contributed by atoms with Crippen LogP contribution in [-0.4, -0.2) is 35.4 Å². The molecule has 2 aromatic rings. The van der Waals surface area contributed by atoms with E-state index in [9.17, 15) is 19.3 Å². The maximum absolute atomic E-state index is 13.6. The fourth-order valence-corrected chi connectivity index (χ4v) is 3.17. The zero-order valence-electron chi connectivity index (χ0n) is 14.1. The third-order valence-electron chi connectivity index (χ3n) is 4.47. The van der Waals surface area contributed by atoms with Gasteiger partial charge in [0.05, 0.1) is 11.0 Å². The Hall–Kier alpha value is -2.51. The summed E-state index contributed by atoms with van der Waals surface area (Å²) in [5, 5.41) is 14.3. The van der Waals surface area contributed by atoms with Gasteiger partial charge in [0, 0.05) is 36.8 Å². The van der Waals surface area contributed by atoms with Crippen molar-refractivity contribution in [2.24, 2.45) is 0 Å². The minimum Gasteiger partial charge on any atom is -0.329 e. The van der Waals surface area contributed by atoms with E-state index in [-0.39, 0.29) is 35.9 Å². The van der Waals surface area contributed by atoms with Crippen molar-refractivity contribution in [2.45, 2.75) is 13.0 Å². The summed E-state index contributed by atoms with van der Waals surface area (Å²) in [6, 6.07) is 10.3. The molecule has 1 aliphatic rings. The van der Waals surface area contributed by atoms with Gasteiger partial charge in [-0.25, -0.2) is 4.39 Å². The monoisotopic (exact) mass is 379 g/mol. The van der Waals surface area contributed by atoms with Gasteiger partial charge in [-0.15, -0.1) is 12.4 Å². The molecule has 1 aliphatic heterocycles. The molecule has 1 saturated heterocycles. The summed E-state index contributed by atoms with van der Waals surface area (Å²) in [5.74, 6) is -0.640. The molecule has 1 N–H and O–H groups in total. The second-order valence-corrected chi connectivity index (χ2v) is 5.98. The first-order valence-electron chi connectivity index (χ1n) is 8.00. The SMILES string of the molecule is Cc1c(C(=O)N2CCNCC2c2cccc(F)c2)cccc1[N+](=O)[O-].Cl. The van der Waals surface area contributed by atoms with E-state index in [4.69, 9.17) is 0 Å². The lowest BCUT2D eigenvalue weighted by Gasteiger charge is -2.37. The lowest BCUT2D eigenvalue weighted by Crippen LogP contribution is -2.48. The Bertz CT molecular complexity index is 831. The lowest BCUT2D eigenvalue weighted by molar-refractivity contribution is -0.385. The second-order valence-electron chi connectivity index (χ2n) is 5.98. The van der Waals surface area contributed by atoms with Crippen molar-refractivity contribution in [1.29, 1.82) is 0 Å². The number of nitrogens with zero attached hydrogens (tertiary/aromatic N) is 2. The van der Waals surface area contributed by atoms with Gasteiger partial charge >= 0.3 is 0 Å². The maximum Gasteiger partial charge on any atom is 0.273 e. The molecule has 1 amide bonds. The van der Waals surface area contributed by atoms with Crippen LogP contribution in [0, 0.1) is 22.9 Å². The third-order valence-corrected chi connectivity index (χ3v) is 4.47. The van der Waals surface area contributed by atoms with Gasteiger partial charge in [0.15, 0.2) is 0 Å². The molecule has 6 nitrogen and oxygen atoms in total. The number of nitro groups is 1. The zero-order valence-corrected chi connectivity index (χ0v) is 15.0. The average molecular weight is 380 g/mol. The zero-order chi connectivity index (χ0) is 18.0. The summed E-state index contributed by atoms with van der Waals surface area (Å²) in [4.78, 5) is 25.3. The van der Waals surface area contributed by atoms with Crippen LogP contribution in [0.2, 0.25) is 0 Å². The van der Waals surface area contributed by atoms with Gasteiger partial charge < -0.3 is 10.2 Å². The Balaban J connectivity index is 0.00000243. The number of amides is 1. The second kappa shape index (κ2) is 8.25. The Labute approximate surface area is 156 Å². The fraction of sp³-hybridized carbons (Fsp3) is 0.278. The fourth-order valence-electron chi connectivity index (χ4n) is 3.17. The van der Waals surface area contributed by atoms with Gasteiger partial charge in [0.2, 0.25) is 0 Å². The van der Waals surface area contributed by atoms with Crippen LogP contribution < -0.4 is 5.32 Å². The highest BCUT2D eigenvalue weighted by molar-refractivity contribution is 5.97. The van der Waals surface area contributed by atoms with E-state index in [1.54, 1.807) is 30.0 Å². The number of hydrogen-bond donors (Lipinski definition) is 1. The molecule has 3 rings (SSSR count). The van der Waals surface area contributed by atoms with Crippen LogP contribution in [0.5, 0.6) is 0 Å². The van der Waals surface area contributed by atoms with E-state index in [0.717, 1.165) is 0 Å². The minimum atomic E-state index is -0.492. The van der Waals surface area contributed by atoms with Crippen molar-refractivity contribution >= 4 is 24.0 Å². The number of nitro benzene ring substituents is 1. The molecule has 0 radical (unpaired) electrons. The Morgan fingerprint density at radius 2 is 2.04 bits per heavy atom. The van der Waals surface area contributed by atoms with Crippen LogP contribution in [0.1, 0.15) is 27.5 Å². The van der Waals surface area contributed by atoms with Crippen LogP contribution in [0.15, 0.2) is 42.5 Å². The average Bonchev–Trinajstić information content (AvgIpc) is 2.61. The van der Waals surface area contributed by atoms with Crippen molar-refractivity contribution in [3.8, 4) is 0 Å². The van der Waals surface area contributed by atoms with Gasteiger partial charge in [-0.1, -0.05) is 18.2 Å². The Morgan fingerprint density at radius 3 is 2.73 bits per heavy atom. The van der Waals surface area contributed by atoms with Crippen LogP contribution in [0.25, 0.3) is 0 Å². The molecule has 0 saturated carbocycles. The third kappa shape index (κ3) is 3.84. The molecule has 1 atom stereocenters. The molecule has 1 heterocycles. The predicted octanol–water partition coefficient (Wildman–Crippen LogP) is 3.25. The van der Waals surface area contributed by atoms with Gasteiger partial charge in [-0.05, 0) is 30.7 Å². The predicted molar refractivity (Wildman–Crippen MR) is 98.1 cm³/mol. The summed E-state index contributed by atoms with van der Waals surface area (Å²) < 4.78 is 13.6. The van der Waals surface area contributed by atoms with E-state index in [2.05, 4.69) is 5.32 Å². The topological polar surface area (TPSA) is 75.5 Å². The van der Waals surface area contributed by atoms with Crippen LogP contribution in [0.3, 0.4) is 0 Å². The van der Waals surface area contributed by atoms with Gasteiger partial charge in [-0.3, -0.25) is 14.9 Å². The van der Waals surface area contributed by atoms with Crippen molar-refractivity contribution in [3.63, 3.8) is 0 Å². The van der Waals surface area contributed by atoms with Crippen molar-refractivity contribution < 1.29 is 14.1 Å². The van der Waals surface area contributed by atoms with E-state index < -0.39 is 4.92 Å². The standard InChI is InChI=1S/C18H18FN3O3.ClH/c1-12-15(6-3-7-16(12)22(24)25)18(23)21-9-8-20-11-17(21)13-4-2-5-14(19)10-13;/h2-7,10,17,20H,8-9,11H2,1H3;1H. The number of halogens is 2. The van der Waals surface area contributed by atoms with E-state index in [1.807, 2.05) is 0 Å². The highest BCUT2D eigenvalue weighted by atomic mass is 35.5. The Morgan fingerprint density at radius 1 is 1.31 bits per heavy atom. The normalized spacial score (nSPS) is 16.7. The smallest absolute Gasteiger partial charge is 0.273 e. The molecule has 0 aliphatic carbocycles. The molecule has 138 valence electrons. The first kappa shape index (κ1) is 19.8. The molecule has 1 unspecified atom stereocenters. The summed E-state index contributed by atoms with van der Waals surface area (Å²) >= 11 is 0. The number of nitrogens with one attached hydrogen (secondary N) is 1. The van der Waals surface area contributed by atoms with E-state index in [0.29, 0.717) is 36.3 Å². The number of carbonyl (C=O) groups excluding carboxylic acids is 1. The van der Waals surface area contributed by atoms with Gasteiger partial charge in [0.1, 0.15) is 5.82 Å². The molecule has 1 fully saturated rings. The molecule has 0 spiro atoms. The van der Waals surface area contributed by atoms with Crippen molar-refractivity contribution in [2.75, 3.05) is 19.6 Å². The van der Waals surface area contributed by atoms with Crippen molar-refractivity contribution in [1.82, 2.24) is 10.2 Å². The van der Waals surface area contributed by atoms with Crippen LogP contribution >= 0.6 is 12.4 Å². The van der Waals surface area contributed by atoms with E-state index >= 15 is 0 Å². The Kier molecular flexibility index (Phi) is 6.28. The highest BCUT2D eigenvalue weighted by Gasteiger charge is 2.30. The highest BCUT2D eigenvalue weighted by Crippen LogP contribution is 2.28. The molecular formula is C18H19ClFN3O3. The first-order chi connectivity index (χ1) is 12.0. The van der Waals surface area contributed by atoms with E-state index in [1.165, 1.54) is 24.3 Å². The molecular weight excluding hydrogens is 361 g/mol. The quantitative estimate of drug-likeness (QED) is 0.656. The number of carbonyl (C=O) groups is 1. The molecule has 2 aromatic carbocycles. The van der Waals surface area contributed by atoms with Gasteiger partial charge in [-0.2, -0.15) is 0 Å².